The van der Waals surface area contributed by atoms with E-state index in [1.165, 1.54) is 0 Å². The summed E-state index contributed by atoms with van der Waals surface area (Å²) in [5.41, 5.74) is -0.838. The summed E-state index contributed by atoms with van der Waals surface area (Å²) in [5.74, 6) is 0.759. The van der Waals surface area contributed by atoms with E-state index in [1.807, 2.05) is 24.3 Å². The first-order chi connectivity index (χ1) is 9.22. The van der Waals surface area contributed by atoms with Gasteiger partial charge in [0, 0.05) is 12.0 Å². The van der Waals surface area contributed by atoms with Crippen LogP contribution < -0.4 is 4.74 Å². The van der Waals surface area contributed by atoms with Gasteiger partial charge in [-0.25, -0.2) is 0 Å². The van der Waals surface area contributed by atoms with Crippen molar-refractivity contribution < 1.29 is 9.84 Å². The van der Waals surface area contributed by atoms with Crippen LogP contribution in [0.5, 0.6) is 5.75 Å². The molecule has 1 unspecified atom stereocenters. The molecule has 1 saturated carbocycles. The second-order valence-corrected chi connectivity index (χ2v) is 5.70. The lowest BCUT2D eigenvalue weighted by Crippen LogP contribution is -2.54. The van der Waals surface area contributed by atoms with Crippen molar-refractivity contribution in [2.75, 3.05) is 6.61 Å². The van der Waals surface area contributed by atoms with Crippen LogP contribution in [-0.2, 0) is 5.41 Å². The number of para-hydroxylation sites is 1. The Balaban J connectivity index is 2.12. The summed E-state index contributed by atoms with van der Waals surface area (Å²) < 4.78 is 5.65. The fourth-order valence-electron chi connectivity index (χ4n) is 3.66. The molecule has 3 nitrogen and oxygen atoms in total. The van der Waals surface area contributed by atoms with Crippen molar-refractivity contribution >= 4 is 0 Å². The summed E-state index contributed by atoms with van der Waals surface area (Å²) in [6.07, 6.45) is 5.18. The molecule has 0 spiro atoms. The predicted octanol–water partition coefficient (Wildman–Crippen LogP) is 2.93. The molecular weight excluding hydrogens is 238 g/mol. The molecular formula is C16H19NO2. The Labute approximate surface area is 113 Å². The molecule has 100 valence electrons. The average molecular weight is 257 g/mol. The van der Waals surface area contributed by atoms with Gasteiger partial charge in [0.15, 0.2) is 0 Å². The number of hydrogen-bond acceptors (Lipinski definition) is 3. The molecule has 1 aliphatic carbocycles. The van der Waals surface area contributed by atoms with E-state index in [9.17, 15) is 10.4 Å². The van der Waals surface area contributed by atoms with Crippen LogP contribution in [0.25, 0.3) is 0 Å². The number of ether oxygens (including phenoxy) is 1. The van der Waals surface area contributed by atoms with Gasteiger partial charge in [0.25, 0.3) is 0 Å². The van der Waals surface area contributed by atoms with Gasteiger partial charge in [-0.3, -0.25) is 0 Å². The number of rotatable bonds is 1. The molecule has 1 N–H and O–H groups in total. The zero-order valence-corrected chi connectivity index (χ0v) is 11.1. The van der Waals surface area contributed by atoms with Crippen molar-refractivity contribution in [2.45, 2.75) is 49.5 Å². The van der Waals surface area contributed by atoms with Gasteiger partial charge >= 0.3 is 0 Å². The highest BCUT2D eigenvalue weighted by atomic mass is 16.5. The fraction of sp³-hybridized carbons (Fsp3) is 0.562. The highest BCUT2D eigenvalue weighted by Gasteiger charge is 2.54. The Morgan fingerprint density at radius 1 is 1.11 bits per heavy atom. The van der Waals surface area contributed by atoms with Gasteiger partial charge in [0.2, 0.25) is 0 Å². The third kappa shape index (κ3) is 1.74. The van der Waals surface area contributed by atoms with E-state index in [1.54, 1.807) is 0 Å². The minimum atomic E-state index is -0.903. The molecule has 0 radical (unpaired) electrons. The quantitative estimate of drug-likeness (QED) is 0.841. The van der Waals surface area contributed by atoms with Crippen LogP contribution in [0.1, 0.15) is 44.1 Å². The highest BCUT2D eigenvalue weighted by molar-refractivity contribution is 5.48. The first-order valence-corrected chi connectivity index (χ1v) is 7.08. The van der Waals surface area contributed by atoms with Crippen LogP contribution in [0.4, 0.5) is 0 Å². The van der Waals surface area contributed by atoms with Crippen LogP contribution in [0.2, 0.25) is 0 Å². The number of aliphatic hydroxyl groups is 1. The Kier molecular flexibility index (Phi) is 2.99. The molecule has 1 atom stereocenters. The molecule has 3 heteroatoms. The van der Waals surface area contributed by atoms with Gasteiger partial charge in [-0.1, -0.05) is 37.5 Å². The Morgan fingerprint density at radius 3 is 2.58 bits per heavy atom. The molecule has 0 saturated heterocycles. The molecule has 1 aromatic rings. The Hall–Kier alpha value is -1.53. The summed E-state index contributed by atoms with van der Waals surface area (Å²) in [5, 5.41) is 21.0. The lowest BCUT2D eigenvalue weighted by atomic mass is 9.60. The molecule has 0 amide bonds. The van der Waals surface area contributed by atoms with Gasteiger partial charge in [0.05, 0.1) is 18.3 Å². The van der Waals surface area contributed by atoms with Crippen molar-refractivity contribution in [2.24, 2.45) is 0 Å². The van der Waals surface area contributed by atoms with Crippen LogP contribution in [0.3, 0.4) is 0 Å². The average Bonchev–Trinajstić information content (AvgIpc) is 2.47. The standard InChI is InChI=1S/C16H19NO2/c17-12-15(16(18)8-4-1-5-9-16)10-11-19-14-7-3-2-6-13(14)15/h2-3,6-7,18H,1,4-5,8-11H2. The first kappa shape index (κ1) is 12.5. The van der Waals surface area contributed by atoms with Crippen LogP contribution >= 0.6 is 0 Å². The van der Waals surface area contributed by atoms with Gasteiger partial charge < -0.3 is 9.84 Å². The van der Waals surface area contributed by atoms with Crippen LogP contribution in [-0.4, -0.2) is 17.3 Å². The number of benzene rings is 1. The second kappa shape index (κ2) is 4.54. The summed E-state index contributed by atoms with van der Waals surface area (Å²) in [7, 11) is 0. The van der Waals surface area contributed by atoms with Crippen molar-refractivity contribution in [1.82, 2.24) is 0 Å². The SMILES string of the molecule is N#CC1(C2(O)CCCCC2)CCOc2ccccc21. The van der Waals surface area contributed by atoms with Crippen LogP contribution in [0, 0.1) is 11.3 Å². The number of nitrogens with zero attached hydrogens (tertiary/aromatic N) is 1. The van der Waals surface area contributed by atoms with Gasteiger partial charge in [0.1, 0.15) is 11.2 Å². The topological polar surface area (TPSA) is 53.2 Å². The smallest absolute Gasteiger partial charge is 0.124 e. The van der Waals surface area contributed by atoms with E-state index in [2.05, 4.69) is 6.07 Å². The summed E-state index contributed by atoms with van der Waals surface area (Å²) >= 11 is 0. The van der Waals surface area contributed by atoms with E-state index in [4.69, 9.17) is 4.74 Å². The zero-order chi connectivity index (χ0) is 13.3. The summed E-state index contributed by atoms with van der Waals surface area (Å²) in [6, 6.07) is 10.1. The molecule has 0 aromatic heterocycles. The maximum Gasteiger partial charge on any atom is 0.124 e. The lowest BCUT2D eigenvalue weighted by Gasteiger charge is -2.47. The van der Waals surface area contributed by atoms with E-state index < -0.39 is 11.0 Å². The molecule has 1 fully saturated rings. The van der Waals surface area contributed by atoms with Gasteiger partial charge in [-0.05, 0) is 18.9 Å². The van der Waals surface area contributed by atoms with E-state index in [0.29, 0.717) is 13.0 Å². The molecule has 1 aromatic carbocycles. The molecule has 1 aliphatic heterocycles. The van der Waals surface area contributed by atoms with Crippen molar-refractivity contribution in [3.63, 3.8) is 0 Å². The number of fused-ring (bicyclic) bond motifs is 1. The normalized spacial score (nSPS) is 28.8. The Bertz CT molecular complexity index is 514. The molecule has 1 heterocycles. The molecule has 3 rings (SSSR count). The second-order valence-electron chi connectivity index (χ2n) is 5.70. The number of hydrogen-bond donors (Lipinski definition) is 1. The van der Waals surface area contributed by atoms with Crippen molar-refractivity contribution in [1.29, 1.82) is 5.26 Å². The largest absolute Gasteiger partial charge is 0.493 e. The fourth-order valence-corrected chi connectivity index (χ4v) is 3.66. The van der Waals surface area contributed by atoms with E-state index in [0.717, 1.165) is 43.4 Å². The van der Waals surface area contributed by atoms with E-state index >= 15 is 0 Å². The summed E-state index contributed by atoms with van der Waals surface area (Å²) in [6.45, 7) is 0.507. The first-order valence-electron chi connectivity index (χ1n) is 7.08. The van der Waals surface area contributed by atoms with Crippen molar-refractivity contribution in [3.8, 4) is 11.8 Å². The Morgan fingerprint density at radius 2 is 1.84 bits per heavy atom. The molecule has 0 bridgehead atoms. The van der Waals surface area contributed by atoms with Gasteiger partial charge in [-0.2, -0.15) is 5.26 Å². The zero-order valence-electron chi connectivity index (χ0n) is 11.1. The minimum absolute atomic E-state index is 0.507. The lowest BCUT2D eigenvalue weighted by molar-refractivity contribution is -0.0598. The van der Waals surface area contributed by atoms with E-state index in [-0.39, 0.29) is 0 Å². The highest BCUT2D eigenvalue weighted by Crippen LogP contribution is 2.50. The van der Waals surface area contributed by atoms with Gasteiger partial charge in [-0.15, -0.1) is 0 Å². The minimum Gasteiger partial charge on any atom is -0.493 e. The molecule has 19 heavy (non-hydrogen) atoms. The van der Waals surface area contributed by atoms with Crippen LogP contribution in [0.15, 0.2) is 24.3 Å². The molecule has 2 aliphatic rings. The number of nitriles is 1. The predicted molar refractivity (Wildman–Crippen MR) is 71.9 cm³/mol. The monoisotopic (exact) mass is 257 g/mol. The third-order valence-electron chi connectivity index (χ3n) is 4.75. The maximum absolute atomic E-state index is 11.1. The van der Waals surface area contributed by atoms with Crippen molar-refractivity contribution in [3.05, 3.63) is 29.8 Å². The third-order valence-corrected chi connectivity index (χ3v) is 4.75. The maximum atomic E-state index is 11.1. The summed E-state index contributed by atoms with van der Waals surface area (Å²) in [4.78, 5) is 0.